The minimum atomic E-state index is -0.174. The van der Waals surface area contributed by atoms with Gasteiger partial charge in [0.15, 0.2) is 5.82 Å². The molecule has 0 radical (unpaired) electrons. The Hall–Kier alpha value is -1.30. The minimum Gasteiger partial charge on any atom is -0.382 e. The highest BCUT2D eigenvalue weighted by atomic mass is 32.1. The van der Waals surface area contributed by atoms with E-state index in [1.165, 1.54) is 11.5 Å². The van der Waals surface area contributed by atoms with Crippen LogP contribution in [0.25, 0.3) is 0 Å². The van der Waals surface area contributed by atoms with Crippen LogP contribution >= 0.6 is 11.5 Å². The fourth-order valence-electron chi connectivity index (χ4n) is 1.14. The molecule has 0 saturated carbocycles. The average molecular weight is 228 g/mol. The molecular formula is C9H16N4OS. The van der Waals surface area contributed by atoms with Gasteiger partial charge in [0, 0.05) is 12.6 Å². The lowest BCUT2D eigenvalue weighted by molar-refractivity contribution is 0.0945. The van der Waals surface area contributed by atoms with Crippen LogP contribution in [0.5, 0.6) is 0 Å². The number of nitrogens with one attached hydrogen (secondary N) is 2. The number of hydrogen-bond donors (Lipinski definition) is 3. The normalized spacial score (nSPS) is 10.4. The maximum absolute atomic E-state index is 11.8. The van der Waals surface area contributed by atoms with Crippen LogP contribution in [0.4, 0.5) is 10.8 Å². The predicted octanol–water partition coefficient (Wildman–Crippen LogP) is 1.30. The summed E-state index contributed by atoms with van der Waals surface area (Å²) in [4.78, 5) is 11.8. The van der Waals surface area contributed by atoms with Crippen molar-refractivity contribution in [3.8, 4) is 0 Å². The summed E-state index contributed by atoms with van der Waals surface area (Å²) in [7, 11) is 0. The van der Waals surface area contributed by atoms with Gasteiger partial charge in [0.05, 0.1) is 0 Å². The molecule has 0 unspecified atom stereocenters. The number of aromatic nitrogens is 1. The molecule has 4 N–H and O–H groups in total. The van der Waals surface area contributed by atoms with Gasteiger partial charge in [-0.25, -0.2) is 0 Å². The number of hydrogen-bond acceptors (Lipinski definition) is 5. The zero-order valence-electron chi connectivity index (χ0n) is 9.13. The Morgan fingerprint density at radius 2 is 2.27 bits per heavy atom. The molecule has 5 nitrogen and oxygen atoms in total. The maximum Gasteiger partial charge on any atom is 0.258 e. The van der Waals surface area contributed by atoms with Crippen molar-refractivity contribution in [2.45, 2.75) is 26.8 Å². The van der Waals surface area contributed by atoms with Crippen molar-refractivity contribution < 1.29 is 4.79 Å². The van der Waals surface area contributed by atoms with E-state index < -0.39 is 0 Å². The summed E-state index contributed by atoms with van der Waals surface area (Å²) in [6.07, 6.45) is 0. The Balaban J connectivity index is 2.90. The van der Waals surface area contributed by atoms with Gasteiger partial charge in [-0.3, -0.25) is 4.79 Å². The molecule has 1 aromatic heterocycles. The lowest BCUT2D eigenvalue weighted by Crippen LogP contribution is -2.30. The largest absolute Gasteiger partial charge is 0.382 e. The predicted molar refractivity (Wildman–Crippen MR) is 63.3 cm³/mol. The van der Waals surface area contributed by atoms with E-state index in [1.54, 1.807) is 0 Å². The lowest BCUT2D eigenvalue weighted by Gasteiger charge is -2.09. The van der Waals surface area contributed by atoms with Crippen LogP contribution < -0.4 is 16.4 Å². The van der Waals surface area contributed by atoms with Gasteiger partial charge in [0.2, 0.25) is 0 Å². The Kier molecular flexibility index (Phi) is 3.90. The van der Waals surface area contributed by atoms with Crippen molar-refractivity contribution in [1.29, 1.82) is 0 Å². The molecule has 0 aromatic carbocycles. The third-order valence-corrected chi connectivity index (χ3v) is 2.52. The summed E-state index contributed by atoms with van der Waals surface area (Å²) >= 11 is 1.21. The van der Waals surface area contributed by atoms with Crippen LogP contribution in [0.3, 0.4) is 0 Å². The third kappa shape index (κ3) is 2.82. The first-order chi connectivity index (χ1) is 7.06. The molecule has 6 heteroatoms. The van der Waals surface area contributed by atoms with Crippen LogP contribution in [0.2, 0.25) is 0 Å². The molecule has 15 heavy (non-hydrogen) atoms. The highest BCUT2D eigenvalue weighted by Gasteiger charge is 2.19. The Bertz CT molecular complexity index is 348. The maximum atomic E-state index is 11.8. The molecule has 0 aliphatic carbocycles. The summed E-state index contributed by atoms with van der Waals surface area (Å²) in [5.41, 5.74) is 6.10. The fourth-order valence-corrected chi connectivity index (χ4v) is 1.92. The minimum absolute atomic E-state index is 0.0891. The zero-order chi connectivity index (χ0) is 11.4. The summed E-state index contributed by atoms with van der Waals surface area (Å²) in [5, 5.41) is 6.59. The van der Waals surface area contributed by atoms with Crippen LogP contribution in [-0.4, -0.2) is 22.9 Å². The monoisotopic (exact) mass is 228 g/mol. The molecule has 0 spiro atoms. The molecule has 1 amide bonds. The Morgan fingerprint density at radius 1 is 1.60 bits per heavy atom. The molecular weight excluding hydrogens is 212 g/mol. The van der Waals surface area contributed by atoms with E-state index in [-0.39, 0.29) is 17.8 Å². The van der Waals surface area contributed by atoms with Crippen molar-refractivity contribution in [3.05, 3.63) is 5.56 Å². The topological polar surface area (TPSA) is 80.0 Å². The molecule has 1 rings (SSSR count). The summed E-state index contributed by atoms with van der Waals surface area (Å²) in [5.74, 6) is 0.112. The molecule has 1 heterocycles. The molecule has 0 bridgehead atoms. The SMILES string of the molecule is CCNc1snc(N)c1C(=O)NC(C)C. The summed E-state index contributed by atoms with van der Waals surface area (Å²) in [6, 6.07) is 0.0891. The van der Waals surface area contributed by atoms with E-state index in [4.69, 9.17) is 5.73 Å². The van der Waals surface area contributed by atoms with Gasteiger partial charge in [-0.15, -0.1) is 0 Å². The van der Waals surface area contributed by atoms with Gasteiger partial charge >= 0.3 is 0 Å². The van der Waals surface area contributed by atoms with Gasteiger partial charge in [-0.2, -0.15) is 4.37 Å². The summed E-state index contributed by atoms with van der Waals surface area (Å²) < 4.78 is 3.96. The number of rotatable bonds is 4. The molecule has 0 fully saturated rings. The van der Waals surface area contributed by atoms with Crippen molar-refractivity contribution >= 4 is 28.3 Å². The van der Waals surface area contributed by atoms with Gasteiger partial charge in [-0.1, -0.05) is 0 Å². The van der Waals surface area contributed by atoms with Crippen LogP contribution in [0.1, 0.15) is 31.1 Å². The zero-order valence-corrected chi connectivity index (χ0v) is 9.94. The molecule has 84 valence electrons. The Morgan fingerprint density at radius 3 is 2.80 bits per heavy atom. The molecule has 0 aliphatic rings. The highest BCUT2D eigenvalue weighted by molar-refractivity contribution is 7.11. The van der Waals surface area contributed by atoms with Crippen molar-refractivity contribution in [2.75, 3.05) is 17.6 Å². The number of anilines is 2. The van der Waals surface area contributed by atoms with E-state index >= 15 is 0 Å². The molecule has 0 saturated heterocycles. The summed E-state index contributed by atoms with van der Waals surface area (Å²) in [6.45, 7) is 6.51. The van der Waals surface area contributed by atoms with E-state index in [0.717, 1.165) is 11.5 Å². The second-order valence-electron chi connectivity index (χ2n) is 3.43. The second-order valence-corrected chi connectivity index (χ2v) is 4.20. The fraction of sp³-hybridized carbons (Fsp3) is 0.556. The second kappa shape index (κ2) is 4.97. The lowest BCUT2D eigenvalue weighted by atomic mass is 10.2. The number of amides is 1. The smallest absolute Gasteiger partial charge is 0.258 e. The quantitative estimate of drug-likeness (QED) is 0.725. The van der Waals surface area contributed by atoms with Crippen LogP contribution in [0.15, 0.2) is 0 Å². The van der Waals surface area contributed by atoms with Gasteiger partial charge in [0.25, 0.3) is 5.91 Å². The number of carbonyl (C=O) groups is 1. The molecule has 0 atom stereocenters. The Labute approximate surface area is 93.2 Å². The van der Waals surface area contributed by atoms with Crippen LogP contribution in [-0.2, 0) is 0 Å². The average Bonchev–Trinajstić information content (AvgIpc) is 2.46. The molecule has 0 aliphatic heterocycles. The van der Waals surface area contributed by atoms with Crippen LogP contribution in [0, 0.1) is 0 Å². The number of nitrogen functional groups attached to an aromatic ring is 1. The van der Waals surface area contributed by atoms with E-state index in [9.17, 15) is 4.79 Å². The van der Waals surface area contributed by atoms with Crippen molar-refractivity contribution in [3.63, 3.8) is 0 Å². The van der Waals surface area contributed by atoms with E-state index in [1.807, 2.05) is 20.8 Å². The van der Waals surface area contributed by atoms with Crippen molar-refractivity contribution in [1.82, 2.24) is 9.69 Å². The highest BCUT2D eigenvalue weighted by Crippen LogP contribution is 2.26. The first-order valence-electron chi connectivity index (χ1n) is 4.86. The van der Waals surface area contributed by atoms with Gasteiger partial charge < -0.3 is 16.4 Å². The number of nitrogens with zero attached hydrogens (tertiary/aromatic N) is 1. The standard InChI is InChI=1S/C9H16N4OS/c1-4-11-9-6(7(10)13-15-9)8(14)12-5(2)3/h5,11H,4H2,1-3H3,(H2,10,13)(H,12,14). The molecule has 1 aromatic rings. The van der Waals surface area contributed by atoms with Crippen molar-refractivity contribution in [2.24, 2.45) is 0 Å². The first kappa shape index (κ1) is 11.8. The number of carbonyl (C=O) groups excluding carboxylic acids is 1. The van der Waals surface area contributed by atoms with E-state index in [0.29, 0.717) is 5.56 Å². The van der Waals surface area contributed by atoms with E-state index in [2.05, 4.69) is 15.0 Å². The number of nitrogens with two attached hydrogens (primary N) is 1. The van der Waals surface area contributed by atoms with Gasteiger partial charge in [0.1, 0.15) is 10.6 Å². The van der Waals surface area contributed by atoms with Gasteiger partial charge in [-0.05, 0) is 32.3 Å². The first-order valence-corrected chi connectivity index (χ1v) is 5.63. The third-order valence-electron chi connectivity index (χ3n) is 1.70.